The molecular weight excluding hydrogens is 348 g/mol. The molecule has 4 nitrogen and oxygen atoms in total. The Morgan fingerprint density at radius 3 is 1.11 bits per heavy atom. The van der Waals surface area contributed by atoms with Crippen LogP contribution in [0.2, 0.25) is 0 Å². The summed E-state index contributed by atoms with van der Waals surface area (Å²) in [5, 5.41) is 24.4. The van der Waals surface area contributed by atoms with Gasteiger partial charge in [-0.15, -0.1) is 0 Å². The lowest BCUT2D eigenvalue weighted by molar-refractivity contribution is -0.216. The molecule has 0 amide bonds. The van der Waals surface area contributed by atoms with Crippen LogP contribution in [0.25, 0.3) is 11.1 Å². The number of hydrogen-bond acceptors (Lipinski definition) is 4. The summed E-state index contributed by atoms with van der Waals surface area (Å²) >= 11 is 0. The van der Waals surface area contributed by atoms with Gasteiger partial charge in [0.2, 0.25) is 0 Å². The van der Waals surface area contributed by atoms with E-state index in [-0.39, 0.29) is 0 Å². The third kappa shape index (κ3) is 2.26. The van der Waals surface area contributed by atoms with E-state index in [0.29, 0.717) is 0 Å². The standard InChI is InChI=1S/C24H32N2O2/c1-21(2)17-11-9-15(13-19(17)23(5,6)25(21)27)16-10-12-18-20(14-16)24(7,8)26(28)22(18,3)4/h9-14,27-28H,1-8H3. The second-order valence-corrected chi connectivity index (χ2v) is 10.4. The monoisotopic (exact) mass is 380 g/mol. The lowest BCUT2D eigenvalue weighted by Crippen LogP contribution is -2.42. The molecule has 0 fully saturated rings. The molecule has 2 aromatic carbocycles. The Morgan fingerprint density at radius 2 is 0.786 bits per heavy atom. The maximum absolute atomic E-state index is 10.7. The number of hydroxylamine groups is 4. The molecule has 0 bridgehead atoms. The molecule has 0 aromatic heterocycles. The highest BCUT2D eigenvalue weighted by molar-refractivity contribution is 5.69. The summed E-state index contributed by atoms with van der Waals surface area (Å²) in [5.41, 5.74) is 5.15. The quantitative estimate of drug-likeness (QED) is 0.666. The minimum Gasteiger partial charge on any atom is -0.312 e. The first-order valence-corrected chi connectivity index (χ1v) is 10.0. The van der Waals surface area contributed by atoms with Crippen LogP contribution in [0.3, 0.4) is 0 Å². The second-order valence-electron chi connectivity index (χ2n) is 10.4. The summed E-state index contributed by atoms with van der Waals surface area (Å²) in [7, 11) is 0. The highest BCUT2D eigenvalue weighted by Gasteiger charge is 2.50. The zero-order chi connectivity index (χ0) is 20.9. The normalized spacial score (nSPS) is 24.2. The van der Waals surface area contributed by atoms with Crippen molar-refractivity contribution in [2.75, 3.05) is 0 Å². The molecule has 0 saturated carbocycles. The molecule has 4 heteroatoms. The molecular formula is C24H32N2O2. The molecule has 0 aliphatic carbocycles. The molecule has 2 heterocycles. The third-order valence-electron chi connectivity index (χ3n) is 7.13. The van der Waals surface area contributed by atoms with E-state index in [4.69, 9.17) is 0 Å². The highest BCUT2D eigenvalue weighted by atomic mass is 16.5. The molecule has 2 aliphatic rings. The van der Waals surface area contributed by atoms with Crippen LogP contribution in [-0.4, -0.2) is 20.5 Å². The van der Waals surface area contributed by atoms with Gasteiger partial charge in [-0.2, -0.15) is 10.1 Å². The van der Waals surface area contributed by atoms with Gasteiger partial charge in [-0.25, -0.2) is 0 Å². The van der Waals surface area contributed by atoms with Crippen molar-refractivity contribution in [1.29, 1.82) is 0 Å². The van der Waals surface area contributed by atoms with Crippen LogP contribution in [0.1, 0.15) is 77.6 Å². The fourth-order valence-corrected chi connectivity index (χ4v) is 5.38. The number of fused-ring (bicyclic) bond motifs is 2. The Labute approximate surface area is 168 Å². The zero-order valence-electron chi connectivity index (χ0n) is 18.3. The van der Waals surface area contributed by atoms with E-state index in [0.717, 1.165) is 33.4 Å². The van der Waals surface area contributed by atoms with Crippen LogP contribution in [0, 0.1) is 0 Å². The fraction of sp³-hybridized carbons (Fsp3) is 0.500. The molecule has 0 atom stereocenters. The number of rotatable bonds is 1. The number of benzene rings is 2. The smallest absolute Gasteiger partial charge is 0.0666 e. The first kappa shape index (κ1) is 19.6. The van der Waals surface area contributed by atoms with Gasteiger partial charge in [0, 0.05) is 0 Å². The second kappa shape index (κ2) is 5.45. The van der Waals surface area contributed by atoms with Crippen LogP contribution in [0.5, 0.6) is 0 Å². The molecule has 0 spiro atoms. The van der Waals surface area contributed by atoms with Crippen molar-refractivity contribution < 1.29 is 10.4 Å². The predicted octanol–water partition coefficient (Wildman–Crippen LogP) is 5.70. The molecule has 0 saturated heterocycles. The fourth-order valence-electron chi connectivity index (χ4n) is 5.38. The molecule has 2 aliphatic heterocycles. The Balaban J connectivity index is 1.86. The van der Waals surface area contributed by atoms with E-state index in [9.17, 15) is 10.4 Å². The van der Waals surface area contributed by atoms with Gasteiger partial charge >= 0.3 is 0 Å². The lowest BCUT2D eigenvalue weighted by atomic mass is 9.85. The van der Waals surface area contributed by atoms with Gasteiger partial charge in [-0.3, -0.25) is 0 Å². The van der Waals surface area contributed by atoms with Gasteiger partial charge in [0.05, 0.1) is 22.2 Å². The molecule has 4 rings (SSSR count). The molecule has 0 radical (unpaired) electrons. The van der Waals surface area contributed by atoms with Crippen molar-refractivity contribution in [1.82, 2.24) is 10.1 Å². The van der Waals surface area contributed by atoms with Crippen molar-refractivity contribution in [3.05, 3.63) is 58.7 Å². The van der Waals surface area contributed by atoms with Crippen LogP contribution in [0.15, 0.2) is 36.4 Å². The summed E-state index contributed by atoms with van der Waals surface area (Å²) in [5.74, 6) is 0. The van der Waals surface area contributed by atoms with E-state index < -0.39 is 22.2 Å². The van der Waals surface area contributed by atoms with Crippen molar-refractivity contribution >= 4 is 0 Å². The van der Waals surface area contributed by atoms with Crippen molar-refractivity contribution in [2.45, 2.75) is 77.5 Å². The van der Waals surface area contributed by atoms with E-state index in [2.05, 4.69) is 91.8 Å². The van der Waals surface area contributed by atoms with Crippen molar-refractivity contribution in [3.63, 3.8) is 0 Å². The Bertz CT molecular complexity index is 893. The number of hydrogen-bond donors (Lipinski definition) is 2. The topological polar surface area (TPSA) is 46.9 Å². The minimum absolute atomic E-state index is 0.418. The Kier molecular flexibility index (Phi) is 3.81. The number of nitrogens with zero attached hydrogens (tertiary/aromatic N) is 2. The van der Waals surface area contributed by atoms with Crippen molar-refractivity contribution in [3.8, 4) is 11.1 Å². The summed E-state index contributed by atoms with van der Waals surface area (Å²) < 4.78 is 0. The Hall–Kier alpha value is -1.72. The highest BCUT2D eigenvalue weighted by Crippen LogP contribution is 2.51. The SMILES string of the molecule is CC1(C)c2ccc(-c3ccc4c(c3)C(C)(C)N(O)C4(C)C)cc2C(C)(C)N1O. The van der Waals surface area contributed by atoms with Gasteiger partial charge in [-0.1, -0.05) is 24.3 Å². The third-order valence-corrected chi connectivity index (χ3v) is 7.13. The summed E-state index contributed by atoms with van der Waals surface area (Å²) in [4.78, 5) is 0. The average Bonchev–Trinajstić information content (AvgIpc) is 2.86. The molecule has 28 heavy (non-hydrogen) atoms. The molecule has 150 valence electrons. The van der Waals surface area contributed by atoms with Crippen molar-refractivity contribution in [2.24, 2.45) is 0 Å². The lowest BCUT2D eigenvalue weighted by Gasteiger charge is -2.34. The average molecular weight is 381 g/mol. The van der Waals surface area contributed by atoms with Gasteiger partial charge in [0.25, 0.3) is 0 Å². The van der Waals surface area contributed by atoms with Crippen LogP contribution in [-0.2, 0) is 22.2 Å². The van der Waals surface area contributed by atoms with E-state index in [1.54, 1.807) is 0 Å². The van der Waals surface area contributed by atoms with Crippen LogP contribution >= 0.6 is 0 Å². The largest absolute Gasteiger partial charge is 0.312 e. The maximum atomic E-state index is 10.7. The first-order valence-electron chi connectivity index (χ1n) is 10.0. The Morgan fingerprint density at radius 1 is 0.500 bits per heavy atom. The molecule has 2 aromatic rings. The molecule has 2 N–H and O–H groups in total. The molecule has 0 unspecified atom stereocenters. The zero-order valence-corrected chi connectivity index (χ0v) is 18.3. The van der Waals surface area contributed by atoms with Gasteiger partial charge < -0.3 is 10.4 Å². The van der Waals surface area contributed by atoms with E-state index in [1.807, 2.05) is 0 Å². The van der Waals surface area contributed by atoms with Gasteiger partial charge in [0.15, 0.2) is 0 Å². The summed E-state index contributed by atoms with van der Waals surface area (Å²) in [6, 6.07) is 13.0. The van der Waals surface area contributed by atoms with Crippen LogP contribution in [0.4, 0.5) is 0 Å². The van der Waals surface area contributed by atoms with E-state index in [1.165, 1.54) is 10.1 Å². The van der Waals surface area contributed by atoms with E-state index >= 15 is 0 Å². The summed E-state index contributed by atoms with van der Waals surface area (Å²) in [6.45, 7) is 16.4. The van der Waals surface area contributed by atoms with Gasteiger partial charge in [0.1, 0.15) is 0 Å². The first-order chi connectivity index (χ1) is 12.7. The summed E-state index contributed by atoms with van der Waals surface area (Å²) in [6.07, 6.45) is 0. The van der Waals surface area contributed by atoms with Crippen LogP contribution < -0.4 is 0 Å². The minimum atomic E-state index is -0.450. The van der Waals surface area contributed by atoms with Gasteiger partial charge in [-0.05, 0) is 101 Å². The maximum Gasteiger partial charge on any atom is 0.0666 e. The predicted molar refractivity (Wildman–Crippen MR) is 111 cm³/mol.